The van der Waals surface area contributed by atoms with Crippen molar-refractivity contribution in [3.05, 3.63) is 47.7 Å². The zero-order valence-electron chi connectivity index (χ0n) is 15.2. The summed E-state index contributed by atoms with van der Waals surface area (Å²) in [7, 11) is 1.56. The highest BCUT2D eigenvalue weighted by Gasteiger charge is 2.17. The summed E-state index contributed by atoms with van der Waals surface area (Å²) in [5, 5.41) is 12.1. The van der Waals surface area contributed by atoms with Crippen LogP contribution < -0.4 is 14.8 Å². The SMILES string of the molecule is CCOC(=O)c1cccnc1N[C@@H](C)c1ccc(OCCO)c(OC)c1. The first-order valence-electron chi connectivity index (χ1n) is 8.41. The van der Waals surface area contributed by atoms with E-state index in [0.29, 0.717) is 29.5 Å². The number of rotatable bonds is 9. The van der Waals surface area contributed by atoms with E-state index < -0.39 is 5.97 Å². The molecule has 0 aliphatic carbocycles. The van der Waals surface area contributed by atoms with Crippen molar-refractivity contribution in [2.45, 2.75) is 19.9 Å². The highest BCUT2D eigenvalue weighted by molar-refractivity contribution is 5.94. The van der Waals surface area contributed by atoms with Gasteiger partial charge in [-0.3, -0.25) is 0 Å². The van der Waals surface area contributed by atoms with Crippen LogP contribution in [-0.4, -0.2) is 43.0 Å². The third-order valence-electron chi connectivity index (χ3n) is 3.69. The second-order valence-electron chi connectivity index (χ2n) is 5.47. The van der Waals surface area contributed by atoms with Gasteiger partial charge in [-0.2, -0.15) is 0 Å². The fourth-order valence-corrected chi connectivity index (χ4v) is 2.41. The molecule has 1 aromatic carbocycles. The molecule has 1 atom stereocenters. The Morgan fingerprint density at radius 2 is 2.12 bits per heavy atom. The molecule has 0 spiro atoms. The smallest absolute Gasteiger partial charge is 0.341 e. The van der Waals surface area contributed by atoms with Gasteiger partial charge in [0.2, 0.25) is 0 Å². The molecular formula is C19H24N2O5. The molecule has 0 radical (unpaired) electrons. The Labute approximate surface area is 152 Å². The van der Waals surface area contributed by atoms with Crippen LogP contribution in [0.5, 0.6) is 11.5 Å². The molecule has 0 bridgehead atoms. The van der Waals surface area contributed by atoms with Crippen molar-refractivity contribution in [1.82, 2.24) is 4.98 Å². The molecule has 0 saturated heterocycles. The largest absolute Gasteiger partial charge is 0.493 e. The number of ether oxygens (including phenoxy) is 3. The summed E-state index contributed by atoms with van der Waals surface area (Å²) in [4.78, 5) is 16.3. The minimum Gasteiger partial charge on any atom is -0.493 e. The first-order chi connectivity index (χ1) is 12.6. The van der Waals surface area contributed by atoms with E-state index in [2.05, 4.69) is 10.3 Å². The molecule has 7 heteroatoms. The van der Waals surface area contributed by atoms with Crippen molar-refractivity contribution < 1.29 is 24.1 Å². The van der Waals surface area contributed by atoms with Gasteiger partial charge < -0.3 is 24.6 Å². The molecule has 0 unspecified atom stereocenters. The van der Waals surface area contributed by atoms with Gasteiger partial charge in [0.05, 0.1) is 26.4 Å². The summed E-state index contributed by atoms with van der Waals surface area (Å²) in [6.07, 6.45) is 1.62. The van der Waals surface area contributed by atoms with Gasteiger partial charge in [0.25, 0.3) is 0 Å². The zero-order valence-corrected chi connectivity index (χ0v) is 15.2. The predicted molar refractivity (Wildman–Crippen MR) is 97.8 cm³/mol. The Morgan fingerprint density at radius 3 is 2.81 bits per heavy atom. The highest BCUT2D eigenvalue weighted by atomic mass is 16.5. The monoisotopic (exact) mass is 360 g/mol. The average molecular weight is 360 g/mol. The summed E-state index contributed by atoms with van der Waals surface area (Å²) in [6.45, 7) is 4.14. The standard InChI is InChI=1S/C19H24N2O5/c1-4-25-19(23)15-6-5-9-20-18(15)21-13(2)14-7-8-16(26-11-10-22)17(12-14)24-3/h5-9,12-13,22H,4,10-11H2,1-3H3,(H,20,21)/t13-/m0/s1. The molecule has 1 heterocycles. The predicted octanol–water partition coefficient (Wildman–Crippen LogP) is 2.81. The highest BCUT2D eigenvalue weighted by Crippen LogP contribution is 2.31. The zero-order chi connectivity index (χ0) is 18.9. The molecule has 26 heavy (non-hydrogen) atoms. The first-order valence-corrected chi connectivity index (χ1v) is 8.41. The van der Waals surface area contributed by atoms with Gasteiger partial charge in [-0.05, 0) is 43.7 Å². The van der Waals surface area contributed by atoms with E-state index in [1.54, 1.807) is 38.4 Å². The van der Waals surface area contributed by atoms with E-state index in [0.717, 1.165) is 5.56 Å². The second-order valence-corrected chi connectivity index (χ2v) is 5.47. The van der Waals surface area contributed by atoms with E-state index in [-0.39, 0.29) is 19.3 Å². The van der Waals surface area contributed by atoms with Crippen LogP contribution in [0.1, 0.15) is 35.8 Å². The summed E-state index contributed by atoms with van der Waals surface area (Å²) < 4.78 is 15.9. The Hall–Kier alpha value is -2.80. The maximum absolute atomic E-state index is 12.1. The normalized spacial score (nSPS) is 11.5. The number of hydrogen-bond donors (Lipinski definition) is 2. The number of pyridine rings is 1. The van der Waals surface area contributed by atoms with Crippen LogP contribution in [0, 0.1) is 0 Å². The number of benzene rings is 1. The number of anilines is 1. The van der Waals surface area contributed by atoms with E-state index in [4.69, 9.17) is 19.3 Å². The van der Waals surface area contributed by atoms with E-state index in [1.807, 2.05) is 19.1 Å². The van der Waals surface area contributed by atoms with Crippen molar-refractivity contribution in [2.24, 2.45) is 0 Å². The van der Waals surface area contributed by atoms with Crippen molar-refractivity contribution >= 4 is 11.8 Å². The molecule has 2 N–H and O–H groups in total. The van der Waals surface area contributed by atoms with Crippen LogP contribution in [0.2, 0.25) is 0 Å². The summed E-state index contributed by atoms with van der Waals surface area (Å²) in [6, 6.07) is 8.74. The Bertz CT molecular complexity index is 736. The molecule has 140 valence electrons. The topological polar surface area (TPSA) is 89.9 Å². The van der Waals surface area contributed by atoms with Crippen LogP contribution >= 0.6 is 0 Å². The van der Waals surface area contributed by atoms with Crippen molar-refractivity contribution in [3.8, 4) is 11.5 Å². The lowest BCUT2D eigenvalue weighted by atomic mass is 10.1. The number of hydrogen-bond acceptors (Lipinski definition) is 7. The molecule has 1 aromatic heterocycles. The first kappa shape index (κ1) is 19.5. The number of carbonyl (C=O) groups excluding carboxylic acids is 1. The Kier molecular flexibility index (Phi) is 7.23. The molecule has 7 nitrogen and oxygen atoms in total. The molecule has 0 saturated carbocycles. The Balaban J connectivity index is 2.20. The third kappa shape index (κ3) is 4.86. The molecule has 0 amide bonds. The van der Waals surface area contributed by atoms with Crippen molar-refractivity contribution in [1.29, 1.82) is 0 Å². The maximum atomic E-state index is 12.1. The lowest BCUT2D eigenvalue weighted by Gasteiger charge is -2.18. The van der Waals surface area contributed by atoms with Crippen molar-refractivity contribution in [2.75, 3.05) is 32.2 Å². The van der Waals surface area contributed by atoms with E-state index >= 15 is 0 Å². The fraction of sp³-hybridized carbons (Fsp3) is 0.368. The van der Waals surface area contributed by atoms with Gasteiger partial charge in [0, 0.05) is 6.20 Å². The van der Waals surface area contributed by atoms with Crippen molar-refractivity contribution in [3.63, 3.8) is 0 Å². The number of esters is 1. The van der Waals surface area contributed by atoms with Gasteiger partial charge in [-0.1, -0.05) is 6.07 Å². The minimum atomic E-state index is -0.416. The lowest BCUT2D eigenvalue weighted by molar-refractivity contribution is 0.0527. The number of nitrogens with zero attached hydrogens (tertiary/aromatic N) is 1. The van der Waals surface area contributed by atoms with Gasteiger partial charge in [0.15, 0.2) is 11.5 Å². The second kappa shape index (κ2) is 9.62. The number of aliphatic hydroxyl groups excluding tert-OH is 1. The van der Waals surface area contributed by atoms with E-state index in [1.165, 1.54) is 0 Å². The number of carbonyl (C=O) groups is 1. The van der Waals surface area contributed by atoms with E-state index in [9.17, 15) is 4.79 Å². The van der Waals surface area contributed by atoms with Crippen LogP contribution in [-0.2, 0) is 4.74 Å². The van der Waals surface area contributed by atoms with Gasteiger partial charge in [-0.25, -0.2) is 9.78 Å². The average Bonchev–Trinajstić information content (AvgIpc) is 2.66. The Morgan fingerprint density at radius 1 is 1.31 bits per heavy atom. The van der Waals surface area contributed by atoms with Crippen LogP contribution in [0.4, 0.5) is 5.82 Å². The van der Waals surface area contributed by atoms with Crippen LogP contribution in [0.3, 0.4) is 0 Å². The number of aliphatic hydroxyl groups is 1. The summed E-state index contributed by atoms with van der Waals surface area (Å²) >= 11 is 0. The lowest BCUT2D eigenvalue weighted by Crippen LogP contribution is -2.14. The third-order valence-corrected chi connectivity index (χ3v) is 3.69. The number of methoxy groups -OCH3 is 1. The van der Waals surface area contributed by atoms with Crippen LogP contribution in [0.15, 0.2) is 36.5 Å². The molecule has 2 aromatic rings. The molecule has 0 aliphatic rings. The molecule has 2 rings (SSSR count). The van der Waals surface area contributed by atoms with Gasteiger partial charge in [0.1, 0.15) is 18.0 Å². The quantitative estimate of drug-likeness (QED) is 0.665. The molecule has 0 aliphatic heterocycles. The summed E-state index contributed by atoms with van der Waals surface area (Å²) in [5.41, 5.74) is 1.31. The summed E-state index contributed by atoms with van der Waals surface area (Å²) in [5.74, 6) is 1.16. The van der Waals surface area contributed by atoms with Gasteiger partial charge in [-0.15, -0.1) is 0 Å². The minimum absolute atomic E-state index is 0.0703. The number of nitrogens with one attached hydrogen (secondary N) is 1. The number of aromatic nitrogens is 1. The van der Waals surface area contributed by atoms with Crippen LogP contribution in [0.25, 0.3) is 0 Å². The maximum Gasteiger partial charge on any atom is 0.341 e. The molecular weight excluding hydrogens is 336 g/mol. The fourth-order valence-electron chi connectivity index (χ4n) is 2.41. The van der Waals surface area contributed by atoms with Gasteiger partial charge >= 0.3 is 5.97 Å². The molecule has 0 fully saturated rings.